The molecular formula is C12H11BrN2O2S. The standard InChI is InChI=1S/C12H11BrN2O2S/c13-8-4-10(15)7-12(5-8)18(16,17)11-3-1-2-9(14)6-11/h1-7H,14-15H2. The molecule has 0 heterocycles. The summed E-state index contributed by atoms with van der Waals surface area (Å²) in [4.78, 5) is 0.292. The number of halogens is 1. The summed E-state index contributed by atoms with van der Waals surface area (Å²) in [5.41, 5.74) is 12.0. The van der Waals surface area contributed by atoms with Gasteiger partial charge in [0.15, 0.2) is 0 Å². The molecule has 0 aliphatic rings. The molecule has 4 N–H and O–H groups in total. The van der Waals surface area contributed by atoms with Crippen LogP contribution < -0.4 is 11.5 Å². The van der Waals surface area contributed by atoms with Crippen molar-refractivity contribution >= 4 is 37.1 Å². The first-order valence-corrected chi connectivity index (χ1v) is 7.34. The van der Waals surface area contributed by atoms with Crippen LogP contribution >= 0.6 is 15.9 Å². The van der Waals surface area contributed by atoms with E-state index in [0.29, 0.717) is 15.8 Å². The molecule has 0 radical (unpaired) electrons. The highest BCUT2D eigenvalue weighted by molar-refractivity contribution is 9.10. The molecule has 0 aliphatic carbocycles. The number of hydrogen-bond donors (Lipinski definition) is 2. The van der Waals surface area contributed by atoms with E-state index in [4.69, 9.17) is 11.5 Å². The number of nitrogen functional groups attached to an aromatic ring is 2. The van der Waals surface area contributed by atoms with Gasteiger partial charge >= 0.3 is 0 Å². The zero-order valence-corrected chi connectivity index (χ0v) is 11.7. The predicted octanol–water partition coefficient (Wildman–Crippen LogP) is 2.45. The summed E-state index contributed by atoms with van der Waals surface area (Å²) >= 11 is 3.22. The van der Waals surface area contributed by atoms with Crippen LogP contribution in [0.4, 0.5) is 11.4 Å². The zero-order valence-electron chi connectivity index (χ0n) is 9.30. The summed E-state index contributed by atoms with van der Waals surface area (Å²) in [6.45, 7) is 0. The first-order valence-electron chi connectivity index (χ1n) is 5.06. The Balaban J connectivity index is 2.61. The lowest BCUT2D eigenvalue weighted by atomic mass is 10.3. The molecule has 2 rings (SSSR count). The van der Waals surface area contributed by atoms with Crippen molar-refractivity contribution in [3.63, 3.8) is 0 Å². The van der Waals surface area contributed by atoms with Crippen molar-refractivity contribution in [1.29, 1.82) is 0 Å². The van der Waals surface area contributed by atoms with Crippen molar-refractivity contribution in [2.45, 2.75) is 9.79 Å². The number of rotatable bonds is 2. The van der Waals surface area contributed by atoms with Crippen LogP contribution in [0.3, 0.4) is 0 Å². The van der Waals surface area contributed by atoms with E-state index < -0.39 is 9.84 Å². The van der Waals surface area contributed by atoms with Crippen molar-refractivity contribution in [3.05, 3.63) is 46.9 Å². The van der Waals surface area contributed by atoms with Crippen LogP contribution in [0.1, 0.15) is 0 Å². The number of nitrogens with two attached hydrogens (primary N) is 2. The Hall–Kier alpha value is -1.53. The molecule has 2 aromatic carbocycles. The minimum atomic E-state index is -3.60. The van der Waals surface area contributed by atoms with Gasteiger partial charge in [-0.1, -0.05) is 22.0 Å². The molecule has 4 nitrogen and oxygen atoms in total. The smallest absolute Gasteiger partial charge is 0.206 e. The van der Waals surface area contributed by atoms with E-state index in [0.717, 1.165) is 0 Å². The SMILES string of the molecule is Nc1cccc(S(=O)(=O)c2cc(N)cc(Br)c2)c1. The molecule has 0 aliphatic heterocycles. The monoisotopic (exact) mass is 326 g/mol. The van der Waals surface area contributed by atoms with Gasteiger partial charge < -0.3 is 11.5 Å². The van der Waals surface area contributed by atoms with Gasteiger partial charge in [0.25, 0.3) is 0 Å². The number of benzene rings is 2. The molecule has 0 amide bonds. The maximum absolute atomic E-state index is 12.4. The van der Waals surface area contributed by atoms with Crippen LogP contribution in [-0.4, -0.2) is 8.42 Å². The predicted molar refractivity (Wildman–Crippen MR) is 74.9 cm³/mol. The highest BCUT2D eigenvalue weighted by Crippen LogP contribution is 2.27. The maximum atomic E-state index is 12.4. The van der Waals surface area contributed by atoms with Gasteiger partial charge in [-0.15, -0.1) is 0 Å². The van der Waals surface area contributed by atoms with E-state index in [-0.39, 0.29) is 9.79 Å². The van der Waals surface area contributed by atoms with Gasteiger partial charge in [-0.2, -0.15) is 0 Å². The fourth-order valence-electron chi connectivity index (χ4n) is 1.56. The fraction of sp³-hybridized carbons (Fsp3) is 0. The third-order valence-corrected chi connectivity index (χ3v) is 4.56. The molecule has 2 aromatic rings. The summed E-state index contributed by atoms with van der Waals surface area (Å²) in [6.07, 6.45) is 0. The van der Waals surface area contributed by atoms with E-state index in [9.17, 15) is 8.42 Å². The first-order chi connectivity index (χ1) is 8.39. The van der Waals surface area contributed by atoms with Crippen molar-refractivity contribution in [2.75, 3.05) is 11.5 Å². The third kappa shape index (κ3) is 2.49. The average Bonchev–Trinajstić information content (AvgIpc) is 2.27. The summed E-state index contributed by atoms with van der Waals surface area (Å²) in [5, 5.41) is 0. The van der Waals surface area contributed by atoms with E-state index in [1.807, 2.05) is 0 Å². The molecular weight excluding hydrogens is 316 g/mol. The maximum Gasteiger partial charge on any atom is 0.206 e. The van der Waals surface area contributed by atoms with Gasteiger partial charge in [-0.3, -0.25) is 0 Å². The first kappa shape index (κ1) is 12.9. The normalized spacial score (nSPS) is 11.4. The minimum absolute atomic E-state index is 0.139. The second kappa shape index (κ2) is 4.62. The molecule has 0 aromatic heterocycles. The molecule has 0 bridgehead atoms. The second-order valence-electron chi connectivity index (χ2n) is 3.80. The summed E-state index contributed by atoms with van der Waals surface area (Å²) in [6, 6.07) is 10.7. The van der Waals surface area contributed by atoms with Gasteiger partial charge in [0.05, 0.1) is 9.79 Å². The zero-order chi connectivity index (χ0) is 13.3. The molecule has 0 saturated heterocycles. The van der Waals surface area contributed by atoms with E-state index in [2.05, 4.69) is 15.9 Å². The quantitative estimate of drug-likeness (QED) is 0.830. The Labute approximate surface area is 114 Å². The molecule has 0 unspecified atom stereocenters. The van der Waals surface area contributed by atoms with Gasteiger partial charge in [0.1, 0.15) is 0 Å². The Morgan fingerprint density at radius 1 is 0.889 bits per heavy atom. The second-order valence-corrected chi connectivity index (χ2v) is 6.66. The topological polar surface area (TPSA) is 86.2 Å². The number of sulfone groups is 1. The highest BCUT2D eigenvalue weighted by Gasteiger charge is 2.18. The highest BCUT2D eigenvalue weighted by atomic mass is 79.9. The van der Waals surface area contributed by atoms with Crippen LogP contribution in [-0.2, 0) is 9.84 Å². The van der Waals surface area contributed by atoms with Crippen molar-refractivity contribution in [2.24, 2.45) is 0 Å². The molecule has 0 saturated carbocycles. The number of anilines is 2. The Morgan fingerprint density at radius 2 is 1.56 bits per heavy atom. The van der Waals surface area contributed by atoms with Gasteiger partial charge in [-0.05, 0) is 36.4 Å². The Kier molecular flexibility index (Phi) is 3.32. The van der Waals surface area contributed by atoms with E-state index >= 15 is 0 Å². The molecule has 0 spiro atoms. The number of hydrogen-bond acceptors (Lipinski definition) is 4. The van der Waals surface area contributed by atoms with Crippen LogP contribution in [0, 0.1) is 0 Å². The average molecular weight is 327 g/mol. The van der Waals surface area contributed by atoms with Gasteiger partial charge in [0, 0.05) is 15.8 Å². The van der Waals surface area contributed by atoms with Gasteiger partial charge in [-0.25, -0.2) is 8.42 Å². The van der Waals surface area contributed by atoms with E-state index in [1.54, 1.807) is 18.2 Å². The Bertz CT molecular complexity index is 679. The summed E-state index contributed by atoms with van der Waals surface area (Å²) < 4.78 is 25.3. The minimum Gasteiger partial charge on any atom is -0.399 e. The molecule has 6 heteroatoms. The summed E-state index contributed by atoms with van der Waals surface area (Å²) in [5.74, 6) is 0. The molecule has 94 valence electrons. The van der Waals surface area contributed by atoms with Crippen LogP contribution in [0.25, 0.3) is 0 Å². The third-order valence-electron chi connectivity index (χ3n) is 2.37. The molecule has 0 atom stereocenters. The Morgan fingerprint density at radius 3 is 2.17 bits per heavy atom. The van der Waals surface area contributed by atoms with Crippen molar-refractivity contribution in [1.82, 2.24) is 0 Å². The lowest BCUT2D eigenvalue weighted by Gasteiger charge is -2.07. The lowest BCUT2D eigenvalue weighted by Crippen LogP contribution is -2.03. The van der Waals surface area contributed by atoms with Gasteiger partial charge in [0.2, 0.25) is 9.84 Å². The lowest BCUT2D eigenvalue weighted by molar-refractivity contribution is 0.596. The largest absolute Gasteiger partial charge is 0.399 e. The molecule has 0 fully saturated rings. The van der Waals surface area contributed by atoms with Crippen molar-refractivity contribution < 1.29 is 8.42 Å². The van der Waals surface area contributed by atoms with Crippen LogP contribution in [0.5, 0.6) is 0 Å². The van der Waals surface area contributed by atoms with Crippen LogP contribution in [0.15, 0.2) is 56.7 Å². The van der Waals surface area contributed by atoms with Crippen LogP contribution in [0.2, 0.25) is 0 Å². The molecule has 18 heavy (non-hydrogen) atoms. The summed E-state index contributed by atoms with van der Waals surface area (Å²) in [7, 11) is -3.60. The fourth-order valence-corrected chi connectivity index (χ4v) is 3.61. The van der Waals surface area contributed by atoms with Crippen molar-refractivity contribution in [3.8, 4) is 0 Å². The van der Waals surface area contributed by atoms with E-state index in [1.165, 1.54) is 24.3 Å².